The highest BCUT2D eigenvalue weighted by molar-refractivity contribution is 5.67. The summed E-state index contributed by atoms with van der Waals surface area (Å²) in [4.78, 5) is 0. The number of hydrogen-bond acceptors (Lipinski definition) is 1. The monoisotopic (exact) mass is 137 g/mol. The number of nitrogens with one attached hydrogen (secondary N) is 1. The lowest BCUT2D eigenvalue weighted by Gasteiger charge is -2.19. The summed E-state index contributed by atoms with van der Waals surface area (Å²) >= 11 is 0. The molecule has 10 heavy (non-hydrogen) atoms. The minimum atomic E-state index is 0.0253. The molecule has 1 heteroatoms. The molecule has 0 aromatic rings. The van der Waals surface area contributed by atoms with Gasteiger partial charge in [0.25, 0.3) is 0 Å². The highest BCUT2D eigenvalue weighted by Gasteiger charge is 2.12. The van der Waals surface area contributed by atoms with E-state index in [9.17, 15) is 0 Å². The van der Waals surface area contributed by atoms with Crippen LogP contribution in [0.1, 0.15) is 20.8 Å². The van der Waals surface area contributed by atoms with Gasteiger partial charge in [-0.25, -0.2) is 0 Å². The second-order valence-corrected chi connectivity index (χ2v) is 3.03. The van der Waals surface area contributed by atoms with Crippen molar-refractivity contribution in [2.24, 2.45) is 5.41 Å². The Morgan fingerprint density at radius 3 is 2.30 bits per heavy atom. The van der Waals surface area contributed by atoms with E-state index in [0.29, 0.717) is 0 Å². The van der Waals surface area contributed by atoms with Crippen LogP contribution >= 0.6 is 0 Å². The maximum Gasteiger partial charge on any atom is 0.0174 e. The molecular formula is C9H15N. The molecule has 0 radical (unpaired) electrons. The zero-order chi connectivity index (χ0) is 8.20. The fourth-order valence-corrected chi connectivity index (χ4v) is 0.431. The van der Waals surface area contributed by atoms with Gasteiger partial charge in [0, 0.05) is 11.6 Å². The lowest BCUT2D eigenvalue weighted by atomic mass is 9.86. The maximum atomic E-state index is 6.78. The molecule has 56 valence electrons. The lowest BCUT2D eigenvalue weighted by molar-refractivity contribution is 0.583. The van der Waals surface area contributed by atoms with Crippen LogP contribution in [-0.4, -0.2) is 6.21 Å². The Labute approximate surface area is 63.0 Å². The van der Waals surface area contributed by atoms with Crippen LogP contribution in [0, 0.1) is 10.8 Å². The maximum absolute atomic E-state index is 6.78. The van der Waals surface area contributed by atoms with E-state index in [0.717, 1.165) is 5.57 Å². The zero-order valence-corrected chi connectivity index (χ0v) is 6.94. The normalized spacial score (nSPS) is 11.9. The number of hydrogen-bond donors (Lipinski definition) is 1. The van der Waals surface area contributed by atoms with E-state index in [1.54, 1.807) is 6.08 Å². The predicted molar refractivity (Wildman–Crippen MR) is 46.5 cm³/mol. The van der Waals surface area contributed by atoms with Gasteiger partial charge < -0.3 is 5.41 Å². The molecule has 0 saturated heterocycles. The molecule has 0 aromatic carbocycles. The quantitative estimate of drug-likeness (QED) is 0.457. The molecule has 0 atom stereocenters. The van der Waals surface area contributed by atoms with Crippen LogP contribution in [0.2, 0.25) is 0 Å². The van der Waals surface area contributed by atoms with Crippen LogP contribution in [0.3, 0.4) is 0 Å². The highest BCUT2D eigenvalue weighted by Crippen LogP contribution is 2.25. The largest absolute Gasteiger partial charge is 0.309 e. The molecule has 0 heterocycles. The van der Waals surface area contributed by atoms with Crippen molar-refractivity contribution in [3.8, 4) is 0 Å². The molecule has 1 N–H and O–H groups in total. The van der Waals surface area contributed by atoms with Gasteiger partial charge in [0.05, 0.1) is 0 Å². The van der Waals surface area contributed by atoms with Crippen LogP contribution in [0.25, 0.3) is 0 Å². The van der Waals surface area contributed by atoms with Crippen LogP contribution in [0.4, 0.5) is 0 Å². The molecule has 0 aromatic heterocycles. The van der Waals surface area contributed by atoms with E-state index < -0.39 is 0 Å². The molecule has 0 aliphatic carbocycles. The van der Waals surface area contributed by atoms with E-state index in [2.05, 4.69) is 20.4 Å². The standard InChI is InChI=1S/C9H15N/c1-8(2)9(3,4)6-5-7-10/h5-7,10H,1H2,2-4H3. The topological polar surface area (TPSA) is 23.9 Å². The van der Waals surface area contributed by atoms with Crippen molar-refractivity contribution in [2.75, 3.05) is 0 Å². The summed E-state index contributed by atoms with van der Waals surface area (Å²) in [5, 5.41) is 6.78. The Hall–Kier alpha value is -0.850. The van der Waals surface area contributed by atoms with Crippen molar-refractivity contribution in [1.29, 1.82) is 5.41 Å². The first-order valence-electron chi connectivity index (χ1n) is 3.35. The van der Waals surface area contributed by atoms with Gasteiger partial charge in [-0.1, -0.05) is 32.1 Å². The second kappa shape index (κ2) is 3.35. The average Bonchev–Trinajstić information content (AvgIpc) is 1.84. The first-order chi connectivity index (χ1) is 4.50. The Kier molecular flexibility index (Phi) is 3.07. The average molecular weight is 137 g/mol. The third-order valence-electron chi connectivity index (χ3n) is 1.71. The molecule has 0 aliphatic heterocycles. The van der Waals surface area contributed by atoms with Gasteiger partial charge in [-0.2, -0.15) is 0 Å². The van der Waals surface area contributed by atoms with Crippen molar-refractivity contribution < 1.29 is 0 Å². The molecule has 0 bridgehead atoms. The zero-order valence-electron chi connectivity index (χ0n) is 6.94. The second-order valence-electron chi connectivity index (χ2n) is 3.03. The first-order valence-corrected chi connectivity index (χ1v) is 3.35. The predicted octanol–water partition coefficient (Wildman–Crippen LogP) is 2.79. The van der Waals surface area contributed by atoms with Gasteiger partial charge in [-0.15, -0.1) is 0 Å². The summed E-state index contributed by atoms with van der Waals surface area (Å²) in [5.41, 5.74) is 1.14. The van der Waals surface area contributed by atoms with Crippen molar-refractivity contribution in [1.82, 2.24) is 0 Å². The highest BCUT2D eigenvalue weighted by atomic mass is 14.3. The van der Waals surface area contributed by atoms with Gasteiger partial charge in [0.1, 0.15) is 0 Å². The molecule has 0 amide bonds. The first kappa shape index (κ1) is 9.15. The van der Waals surface area contributed by atoms with Gasteiger partial charge in [-0.05, 0) is 13.0 Å². The van der Waals surface area contributed by atoms with Gasteiger partial charge in [0.15, 0.2) is 0 Å². The van der Waals surface area contributed by atoms with Gasteiger partial charge >= 0.3 is 0 Å². The number of allylic oxidation sites excluding steroid dienone is 3. The molecule has 0 rings (SSSR count). The fraction of sp³-hybridized carbons (Fsp3) is 0.444. The Bertz CT molecular complexity index is 164. The minimum absolute atomic E-state index is 0.0253. The van der Waals surface area contributed by atoms with Crippen LogP contribution in [0.15, 0.2) is 24.3 Å². The molecule has 0 spiro atoms. The summed E-state index contributed by atoms with van der Waals surface area (Å²) in [6.07, 6.45) is 4.99. The van der Waals surface area contributed by atoms with Crippen molar-refractivity contribution in [3.63, 3.8) is 0 Å². The lowest BCUT2D eigenvalue weighted by Crippen LogP contribution is -2.07. The SMILES string of the molecule is C=C(C)C(C)(C)C=CC=N. The van der Waals surface area contributed by atoms with Crippen LogP contribution < -0.4 is 0 Å². The summed E-state index contributed by atoms with van der Waals surface area (Å²) in [7, 11) is 0. The Morgan fingerprint density at radius 1 is 1.50 bits per heavy atom. The Morgan fingerprint density at radius 2 is 2.00 bits per heavy atom. The van der Waals surface area contributed by atoms with Crippen LogP contribution in [0.5, 0.6) is 0 Å². The van der Waals surface area contributed by atoms with Gasteiger partial charge in [-0.3, -0.25) is 0 Å². The number of rotatable bonds is 3. The van der Waals surface area contributed by atoms with E-state index in [1.807, 2.05) is 13.0 Å². The third-order valence-corrected chi connectivity index (χ3v) is 1.71. The molecule has 0 fully saturated rings. The van der Waals surface area contributed by atoms with E-state index in [4.69, 9.17) is 5.41 Å². The molecular weight excluding hydrogens is 122 g/mol. The van der Waals surface area contributed by atoms with E-state index in [1.165, 1.54) is 6.21 Å². The smallest absolute Gasteiger partial charge is 0.0174 e. The molecule has 0 aliphatic rings. The molecule has 0 saturated carbocycles. The van der Waals surface area contributed by atoms with E-state index >= 15 is 0 Å². The summed E-state index contributed by atoms with van der Waals surface area (Å²) < 4.78 is 0. The third kappa shape index (κ3) is 2.62. The summed E-state index contributed by atoms with van der Waals surface area (Å²) in [6, 6.07) is 0. The molecule has 1 nitrogen and oxygen atoms in total. The summed E-state index contributed by atoms with van der Waals surface area (Å²) in [5.74, 6) is 0. The minimum Gasteiger partial charge on any atom is -0.309 e. The van der Waals surface area contributed by atoms with E-state index in [-0.39, 0.29) is 5.41 Å². The van der Waals surface area contributed by atoms with Crippen molar-refractivity contribution >= 4 is 6.21 Å². The van der Waals surface area contributed by atoms with Crippen molar-refractivity contribution in [2.45, 2.75) is 20.8 Å². The summed E-state index contributed by atoms with van der Waals surface area (Å²) in [6.45, 7) is 10.0. The van der Waals surface area contributed by atoms with Crippen molar-refractivity contribution in [3.05, 3.63) is 24.3 Å². The van der Waals surface area contributed by atoms with Gasteiger partial charge in [0.2, 0.25) is 0 Å². The Balaban J connectivity index is 4.25. The fourth-order valence-electron chi connectivity index (χ4n) is 0.431. The molecule has 0 unspecified atom stereocenters. The van der Waals surface area contributed by atoms with Crippen LogP contribution in [-0.2, 0) is 0 Å².